The van der Waals surface area contributed by atoms with Gasteiger partial charge in [0, 0.05) is 5.56 Å². The van der Waals surface area contributed by atoms with Crippen LogP contribution in [0.25, 0.3) is 0 Å². The summed E-state index contributed by atoms with van der Waals surface area (Å²) in [6, 6.07) is 1.27. The van der Waals surface area contributed by atoms with Crippen molar-refractivity contribution in [1.82, 2.24) is 4.90 Å². The fourth-order valence-electron chi connectivity index (χ4n) is 4.37. The molecule has 1 fully saturated rings. The van der Waals surface area contributed by atoms with E-state index in [2.05, 4.69) is 41.5 Å². The van der Waals surface area contributed by atoms with Gasteiger partial charge in [0.2, 0.25) is 8.32 Å². The van der Waals surface area contributed by atoms with Crippen LogP contribution in [0.15, 0.2) is 23.0 Å². The summed E-state index contributed by atoms with van der Waals surface area (Å²) in [4.78, 5) is 26.2. The third kappa shape index (κ3) is 3.34. The van der Waals surface area contributed by atoms with Crippen molar-refractivity contribution in [2.45, 2.75) is 77.2 Å². The second-order valence-corrected chi connectivity index (χ2v) is 13.2. The van der Waals surface area contributed by atoms with Gasteiger partial charge in [0.15, 0.2) is 6.10 Å². The van der Waals surface area contributed by atoms with Crippen LogP contribution >= 0.6 is 0 Å². The molecule has 6 nitrogen and oxygen atoms in total. The Labute approximate surface area is 157 Å². The molecule has 1 aliphatic rings. The Hall–Kier alpha value is -1.60. The van der Waals surface area contributed by atoms with Crippen molar-refractivity contribution in [3.8, 4) is 0 Å². The maximum Gasteiger partial charge on any atom is 0.417 e. The summed E-state index contributed by atoms with van der Waals surface area (Å²) in [5.41, 5.74) is 1.78. The zero-order valence-corrected chi connectivity index (χ0v) is 17.8. The standard InChI is InChI=1S/C19H31NO5Si/c1-8-24-19(22)20-16(15-9-10-23-11-15)17(18(20)21)25-26(12(2)3,13(4)5)14(6)7/h9-14,16-17H,8H2,1-7H3/t16-,17+/m0/s1. The highest BCUT2D eigenvalue weighted by molar-refractivity contribution is 6.77. The zero-order valence-electron chi connectivity index (χ0n) is 16.8. The van der Waals surface area contributed by atoms with E-state index in [1.807, 2.05) is 0 Å². The van der Waals surface area contributed by atoms with Gasteiger partial charge in [-0.2, -0.15) is 0 Å². The molecule has 2 amide bonds. The number of β-lactam (4-membered cyclic amide) rings is 1. The number of hydrogen-bond donors (Lipinski definition) is 0. The van der Waals surface area contributed by atoms with E-state index in [0.29, 0.717) is 16.6 Å². The number of likely N-dealkylation sites (tertiary alicyclic amines) is 1. The highest BCUT2D eigenvalue weighted by Crippen LogP contribution is 2.47. The van der Waals surface area contributed by atoms with Crippen LogP contribution in [0.2, 0.25) is 16.6 Å². The minimum absolute atomic E-state index is 0.217. The number of ether oxygens (including phenoxy) is 1. The van der Waals surface area contributed by atoms with Gasteiger partial charge < -0.3 is 13.6 Å². The molecule has 146 valence electrons. The Bertz CT molecular complexity index is 604. The van der Waals surface area contributed by atoms with Crippen LogP contribution in [-0.2, 0) is 14.0 Å². The molecule has 1 aromatic heterocycles. The number of amides is 2. The number of rotatable bonds is 7. The number of imide groups is 1. The molecule has 0 N–H and O–H groups in total. The molecular formula is C19H31NO5Si. The summed E-state index contributed by atoms with van der Waals surface area (Å²) in [5.74, 6) is -0.325. The Balaban J connectivity index is 2.37. The normalized spacial score (nSPS) is 20.8. The molecule has 1 aliphatic heterocycles. The Morgan fingerprint density at radius 1 is 1.19 bits per heavy atom. The number of nitrogens with zero attached hydrogens (tertiary/aromatic N) is 1. The monoisotopic (exact) mass is 381 g/mol. The number of furan rings is 1. The summed E-state index contributed by atoms with van der Waals surface area (Å²) >= 11 is 0. The minimum atomic E-state index is -2.27. The molecule has 1 saturated heterocycles. The predicted octanol–water partition coefficient (Wildman–Crippen LogP) is 4.88. The molecule has 0 aliphatic carbocycles. The minimum Gasteiger partial charge on any atom is -0.472 e. The molecule has 0 spiro atoms. The molecule has 0 radical (unpaired) electrons. The van der Waals surface area contributed by atoms with Crippen LogP contribution < -0.4 is 0 Å². The highest BCUT2D eigenvalue weighted by atomic mass is 28.4. The summed E-state index contributed by atoms with van der Waals surface area (Å²) in [5, 5.41) is 0. The Morgan fingerprint density at radius 2 is 1.77 bits per heavy atom. The lowest BCUT2D eigenvalue weighted by Gasteiger charge is -2.51. The molecule has 26 heavy (non-hydrogen) atoms. The van der Waals surface area contributed by atoms with Crippen LogP contribution in [0.4, 0.5) is 4.79 Å². The van der Waals surface area contributed by atoms with Crippen molar-refractivity contribution in [1.29, 1.82) is 0 Å². The van der Waals surface area contributed by atoms with E-state index in [0.717, 1.165) is 10.5 Å². The summed E-state index contributed by atoms with van der Waals surface area (Å²) in [7, 11) is -2.27. The second-order valence-electron chi connectivity index (χ2n) is 7.76. The number of carbonyl (C=O) groups is 2. The second kappa shape index (κ2) is 7.96. The molecule has 0 unspecified atom stereocenters. The molecule has 2 heterocycles. The zero-order chi connectivity index (χ0) is 19.6. The van der Waals surface area contributed by atoms with Crippen LogP contribution in [0.3, 0.4) is 0 Å². The maximum absolute atomic E-state index is 12.8. The molecule has 0 aromatic carbocycles. The van der Waals surface area contributed by atoms with Gasteiger partial charge in [-0.05, 0) is 29.6 Å². The average molecular weight is 382 g/mol. The van der Waals surface area contributed by atoms with Gasteiger partial charge in [0.25, 0.3) is 5.91 Å². The lowest BCUT2D eigenvalue weighted by atomic mass is 9.93. The van der Waals surface area contributed by atoms with Crippen LogP contribution in [0, 0.1) is 0 Å². The van der Waals surface area contributed by atoms with Gasteiger partial charge in [-0.25, -0.2) is 9.69 Å². The summed E-state index contributed by atoms with van der Waals surface area (Å²) in [6.45, 7) is 15.0. The predicted molar refractivity (Wildman–Crippen MR) is 101 cm³/mol. The molecule has 2 atom stereocenters. The van der Waals surface area contributed by atoms with E-state index in [-0.39, 0.29) is 12.5 Å². The first-order valence-electron chi connectivity index (χ1n) is 9.38. The fraction of sp³-hybridized carbons (Fsp3) is 0.684. The van der Waals surface area contributed by atoms with Gasteiger partial charge in [-0.3, -0.25) is 4.79 Å². The molecular weight excluding hydrogens is 350 g/mol. The topological polar surface area (TPSA) is 69.0 Å². The van der Waals surface area contributed by atoms with Crippen molar-refractivity contribution in [2.24, 2.45) is 0 Å². The van der Waals surface area contributed by atoms with Crippen molar-refractivity contribution in [3.63, 3.8) is 0 Å². The van der Waals surface area contributed by atoms with Crippen molar-refractivity contribution in [2.75, 3.05) is 6.61 Å². The molecule has 7 heteroatoms. The van der Waals surface area contributed by atoms with E-state index in [1.165, 1.54) is 6.26 Å². The first kappa shape index (κ1) is 20.7. The lowest BCUT2D eigenvalue weighted by Crippen LogP contribution is -2.66. The van der Waals surface area contributed by atoms with E-state index in [1.54, 1.807) is 19.3 Å². The maximum atomic E-state index is 12.8. The van der Waals surface area contributed by atoms with E-state index in [9.17, 15) is 9.59 Å². The first-order valence-corrected chi connectivity index (χ1v) is 11.5. The molecule has 0 saturated carbocycles. The smallest absolute Gasteiger partial charge is 0.417 e. The van der Waals surface area contributed by atoms with Gasteiger partial charge >= 0.3 is 6.09 Å². The van der Waals surface area contributed by atoms with Gasteiger partial charge in [0.1, 0.15) is 6.04 Å². The molecule has 0 bridgehead atoms. The van der Waals surface area contributed by atoms with Gasteiger partial charge in [0.05, 0.1) is 19.1 Å². The fourth-order valence-corrected chi connectivity index (χ4v) is 9.86. The van der Waals surface area contributed by atoms with Crippen molar-refractivity contribution in [3.05, 3.63) is 24.2 Å². The molecule has 2 rings (SSSR count). The van der Waals surface area contributed by atoms with Crippen molar-refractivity contribution < 1.29 is 23.2 Å². The SMILES string of the molecule is CCOC(=O)N1C(=O)[C@H](O[Si](C(C)C)(C(C)C)C(C)C)[C@@H]1c1ccoc1. The quantitative estimate of drug-likeness (QED) is 0.497. The van der Waals surface area contributed by atoms with Crippen molar-refractivity contribution >= 4 is 20.3 Å². The average Bonchev–Trinajstić information content (AvgIpc) is 3.05. The summed E-state index contributed by atoms with van der Waals surface area (Å²) in [6.07, 6.45) is 1.80. The largest absolute Gasteiger partial charge is 0.472 e. The molecule has 1 aromatic rings. The van der Waals surface area contributed by atoms with E-state index >= 15 is 0 Å². The lowest BCUT2D eigenvalue weighted by molar-refractivity contribution is -0.161. The summed E-state index contributed by atoms with van der Waals surface area (Å²) < 4.78 is 16.9. The third-order valence-corrected chi connectivity index (χ3v) is 11.5. The van der Waals surface area contributed by atoms with Gasteiger partial charge in [-0.15, -0.1) is 0 Å². The van der Waals surface area contributed by atoms with Crippen LogP contribution in [0.1, 0.15) is 60.1 Å². The highest BCUT2D eigenvalue weighted by Gasteiger charge is 2.58. The third-order valence-electron chi connectivity index (χ3n) is 5.43. The number of carbonyl (C=O) groups excluding carboxylic acids is 2. The first-order chi connectivity index (χ1) is 12.2. The van der Waals surface area contributed by atoms with E-state index < -0.39 is 26.6 Å². The van der Waals surface area contributed by atoms with E-state index in [4.69, 9.17) is 13.6 Å². The van der Waals surface area contributed by atoms with Gasteiger partial charge in [-0.1, -0.05) is 41.5 Å². The van der Waals surface area contributed by atoms with Crippen LogP contribution in [-0.4, -0.2) is 37.9 Å². The van der Waals surface area contributed by atoms with Crippen LogP contribution in [0.5, 0.6) is 0 Å². The Morgan fingerprint density at radius 3 is 2.19 bits per heavy atom. The number of hydrogen-bond acceptors (Lipinski definition) is 5. The Kier molecular flexibility index (Phi) is 6.34.